The molecule has 0 fully saturated rings. The number of hydrogen-bond acceptors (Lipinski definition) is 3. The van der Waals surface area contributed by atoms with Gasteiger partial charge in [0.25, 0.3) is 0 Å². The van der Waals surface area contributed by atoms with Crippen molar-refractivity contribution in [2.45, 2.75) is 18.7 Å². The van der Waals surface area contributed by atoms with Crippen molar-refractivity contribution in [3.05, 3.63) is 33.8 Å². The predicted molar refractivity (Wildman–Crippen MR) is 69.5 cm³/mol. The number of halogens is 2. The van der Waals surface area contributed by atoms with Crippen molar-refractivity contribution in [1.29, 1.82) is 0 Å². The van der Waals surface area contributed by atoms with Crippen LogP contribution in [0.5, 0.6) is 0 Å². The number of rotatable bonds is 4. The fourth-order valence-electron chi connectivity index (χ4n) is 1.32. The number of methoxy groups -OCH3 is 1. The highest BCUT2D eigenvalue weighted by Crippen LogP contribution is 2.21. The average Bonchev–Trinajstić information content (AvgIpc) is 2.28. The van der Waals surface area contributed by atoms with Crippen molar-refractivity contribution in [2.75, 3.05) is 7.11 Å². The Balaban J connectivity index is 2.94. The Morgan fingerprint density at radius 3 is 2.59 bits per heavy atom. The third-order valence-corrected chi connectivity index (χ3v) is 3.09. The normalized spacial score (nSPS) is 12.0. The molecule has 0 saturated carbocycles. The van der Waals surface area contributed by atoms with E-state index in [1.807, 2.05) is 0 Å². The number of ether oxygens (including phenoxy) is 1. The number of hydrogen-bond donors (Lipinski definition) is 0. The zero-order valence-corrected chi connectivity index (χ0v) is 11.8. The third-order valence-electron chi connectivity index (χ3n) is 2.24. The summed E-state index contributed by atoms with van der Waals surface area (Å²) in [4.78, 5) is 22.8. The molecule has 0 aliphatic carbocycles. The molecule has 5 heteroatoms. The van der Waals surface area contributed by atoms with Gasteiger partial charge in [-0.15, -0.1) is 11.6 Å². The molecule has 92 valence electrons. The standard InChI is InChI=1S/C12H12BrClO3/c1-7(14)12(16)9-4-3-8(5-10(9)13)6-11(15)17-2/h3-5,7H,6H2,1-2H3. The van der Waals surface area contributed by atoms with E-state index in [0.717, 1.165) is 5.56 Å². The average molecular weight is 320 g/mol. The van der Waals surface area contributed by atoms with E-state index in [1.165, 1.54) is 7.11 Å². The lowest BCUT2D eigenvalue weighted by Gasteiger charge is -2.07. The van der Waals surface area contributed by atoms with Gasteiger partial charge in [0.15, 0.2) is 5.78 Å². The first kappa shape index (κ1) is 14.2. The molecule has 1 aromatic rings. The molecule has 1 rings (SSSR count). The van der Waals surface area contributed by atoms with Crippen molar-refractivity contribution in [3.63, 3.8) is 0 Å². The second kappa shape index (κ2) is 6.17. The molecule has 0 spiro atoms. The molecule has 3 nitrogen and oxygen atoms in total. The summed E-state index contributed by atoms with van der Waals surface area (Å²) < 4.78 is 5.20. The van der Waals surface area contributed by atoms with E-state index in [9.17, 15) is 9.59 Å². The first-order chi connectivity index (χ1) is 7.95. The molecule has 0 aromatic heterocycles. The van der Waals surface area contributed by atoms with Crippen LogP contribution in [0.1, 0.15) is 22.8 Å². The number of Topliss-reactive ketones (excluding diaryl/α,β-unsaturated/α-hetero) is 1. The summed E-state index contributed by atoms with van der Waals surface area (Å²) >= 11 is 9.03. The summed E-state index contributed by atoms with van der Waals surface area (Å²) in [5.74, 6) is -0.468. The number of alkyl halides is 1. The van der Waals surface area contributed by atoms with Crippen molar-refractivity contribution >= 4 is 39.3 Å². The van der Waals surface area contributed by atoms with Crippen LogP contribution in [0, 0.1) is 0 Å². The quantitative estimate of drug-likeness (QED) is 0.487. The van der Waals surface area contributed by atoms with Crippen LogP contribution in [-0.2, 0) is 16.0 Å². The summed E-state index contributed by atoms with van der Waals surface area (Å²) in [6.07, 6.45) is 0.181. The zero-order valence-electron chi connectivity index (χ0n) is 9.50. The third kappa shape index (κ3) is 3.82. The van der Waals surface area contributed by atoms with Crippen LogP contribution in [0.25, 0.3) is 0 Å². The van der Waals surface area contributed by atoms with Gasteiger partial charge in [-0.1, -0.05) is 22.0 Å². The first-order valence-electron chi connectivity index (χ1n) is 4.99. The van der Waals surface area contributed by atoms with Gasteiger partial charge in [0.05, 0.1) is 18.9 Å². The van der Waals surface area contributed by atoms with Gasteiger partial charge in [-0.3, -0.25) is 9.59 Å². The lowest BCUT2D eigenvalue weighted by molar-refractivity contribution is -0.139. The Morgan fingerprint density at radius 1 is 1.47 bits per heavy atom. The van der Waals surface area contributed by atoms with Crippen molar-refractivity contribution in [2.24, 2.45) is 0 Å². The van der Waals surface area contributed by atoms with Gasteiger partial charge in [-0.2, -0.15) is 0 Å². The van der Waals surface area contributed by atoms with Gasteiger partial charge in [0.1, 0.15) is 0 Å². The topological polar surface area (TPSA) is 43.4 Å². The number of benzene rings is 1. The summed E-state index contributed by atoms with van der Waals surface area (Å²) in [6, 6.07) is 5.10. The summed E-state index contributed by atoms with van der Waals surface area (Å²) in [5.41, 5.74) is 1.30. The molecule has 0 heterocycles. The van der Waals surface area contributed by atoms with Gasteiger partial charge in [0, 0.05) is 10.0 Å². The van der Waals surface area contributed by atoms with Gasteiger partial charge < -0.3 is 4.74 Å². The maximum Gasteiger partial charge on any atom is 0.309 e. The van der Waals surface area contributed by atoms with E-state index in [4.69, 9.17) is 11.6 Å². The van der Waals surface area contributed by atoms with Crippen molar-refractivity contribution in [3.8, 4) is 0 Å². The Kier molecular flexibility index (Phi) is 5.15. The molecule has 1 unspecified atom stereocenters. The van der Waals surface area contributed by atoms with Crippen LogP contribution < -0.4 is 0 Å². The molecular formula is C12H12BrClO3. The van der Waals surface area contributed by atoms with Crippen molar-refractivity contribution < 1.29 is 14.3 Å². The van der Waals surface area contributed by atoms with Gasteiger partial charge >= 0.3 is 5.97 Å². The minimum absolute atomic E-state index is 0.150. The maximum atomic E-state index is 11.7. The monoisotopic (exact) mass is 318 g/mol. The van der Waals surface area contributed by atoms with Crippen molar-refractivity contribution in [1.82, 2.24) is 0 Å². The molecule has 1 atom stereocenters. The molecule has 0 radical (unpaired) electrons. The molecule has 0 aliphatic heterocycles. The molecule has 0 saturated heterocycles. The highest BCUT2D eigenvalue weighted by atomic mass is 79.9. The van der Waals surface area contributed by atoms with Gasteiger partial charge in [0.2, 0.25) is 0 Å². The largest absolute Gasteiger partial charge is 0.469 e. The van der Waals surface area contributed by atoms with E-state index in [2.05, 4.69) is 20.7 Å². The van der Waals surface area contributed by atoms with E-state index in [1.54, 1.807) is 25.1 Å². The van der Waals surface area contributed by atoms with Gasteiger partial charge in [-0.05, 0) is 24.6 Å². The fraction of sp³-hybridized carbons (Fsp3) is 0.333. The van der Waals surface area contributed by atoms with Crippen LogP contribution >= 0.6 is 27.5 Å². The number of carbonyl (C=O) groups is 2. The molecule has 0 amide bonds. The highest BCUT2D eigenvalue weighted by Gasteiger charge is 2.16. The van der Waals surface area contributed by atoms with E-state index in [-0.39, 0.29) is 18.2 Å². The molecule has 17 heavy (non-hydrogen) atoms. The van der Waals surface area contributed by atoms with Gasteiger partial charge in [-0.25, -0.2) is 0 Å². The Hall–Kier alpha value is -0.870. The Bertz CT molecular complexity index is 443. The van der Waals surface area contributed by atoms with E-state index < -0.39 is 5.38 Å². The van der Waals surface area contributed by atoms with Crippen LogP contribution in [0.4, 0.5) is 0 Å². The lowest BCUT2D eigenvalue weighted by atomic mass is 10.0. The predicted octanol–water partition coefficient (Wildman–Crippen LogP) is 2.97. The second-order valence-corrected chi connectivity index (χ2v) is 5.06. The van der Waals surface area contributed by atoms with E-state index in [0.29, 0.717) is 10.0 Å². The van der Waals surface area contributed by atoms with Crippen LogP contribution in [0.15, 0.2) is 22.7 Å². The molecule has 0 bridgehead atoms. The van der Waals surface area contributed by atoms with Crippen LogP contribution in [-0.4, -0.2) is 24.2 Å². The summed E-state index contributed by atoms with van der Waals surface area (Å²) in [6.45, 7) is 1.62. The second-order valence-electron chi connectivity index (χ2n) is 3.55. The molecule has 1 aromatic carbocycles. The Labute approximate surface area is 113 Å². The van der Waals surface area contributed by atoms with Crippen LogP contribution in [0.2, 0.25) is 0 Å². The molecule has 0 aliphatic rings. The molecule has 0 N–H and O–H groups in total. The number of carbonyl (C=O) groups excluding carboxylic acids is 2. The highest BCUT2D eigenvalue weighted by molar-refractivity contribution is 9.10. The SMILES string of the molecule is COC(=O)Cc1ccc(C(=O)C(C)Cl)c(Br)c1. The Morgan fingerprint density at radius 2 is 2.12 bits per heavy atom. The zero-order chi connectivity index (χ0) is 13.0. The van der Waals surface area contributed by atoms with E-state index >= 15 is 0 Å². The number of esters is 1. The smallest absolute Gasteiger partial charge is 0.309 e. The fourth-order valence-corrected chi connectivity index (χ4v) is 2.06. The maximum absolute atomic E-state index is 11.7. The van der Waals surface area contributed by atoms with Crippen LogP contribution in [0.3, 0.4) is 0 Å². The minimum atomic E-state index is -0.572. The molecular weight excluding hydrogens is 307 g/mol. The summed E-state index contributed by atoms with van der Waals surface area (Å²) in [5, 5.41) is -0.572. The first-order valence-corrected chi connectivity index (χ1v) is 6.22. The summed E-state index contributed by atoms with van der Waals surface area (Å²) in [7, 11) is 1.34. The number of ketones is 1. The minimum Gasteiger partial charge on any atom is -0.469 e. The lowest BCUT2D eigenvalue weighted by Crippen LogP contribution is -2.12.